The van der Waals surface area contributed by atoms with Crippen LogP contribution in [0.2, 0.25) is 0 Å². The third-order valence-electron chi connectivity index (χ3n) is 3.13. The van der Waals surface area contributed by atoms with E-state index in [9.17, 15) is 4.21 Å². The SMILES string of the molecule is CC(CN)S(=O)CCc1ccc2c(c1)CCO2. The summed E-state index contributed by atoms with van der Waals surface area (Å²) in [6.07, 6.45) is 1.84. The van der Waals surface area contributed by atoms with Gasteiger partial charge in [0.25, 0.3) is 0 Å². The maximum Gasteiger partial charge on any atom is 0.122 e. The first-order chi connectivity index (χ1) is 8.20. The minimum Gasteiger partial charge on any atom is -0.493 e. The lowest BCUT2D eigenvalue weighted by Crippen LogP contribution is -2.24. The molecule has 0 radical (unpaired) electrons. The summed E-state index contributed by atoms with van der Waals surface area (Å²) in [7, 11) is -0.820. The number of fused-ring (bicyclic) bond motifs is 1. The number of hydrogen-bond donors (Lipinski definition) is 1. The molecule has 2 rings (SSSR count). The molecular weight excluding hydrogens is 234 g/mol. The Bertz CT molecular complexity index is 420. The van der Waals surface area contributed by atoms with Gasteiger partial charge < -0.3 is 10.5 Å². The van der Waals surface area contributed by atoms with Gasteiger partial charge in [-0.25, -0.2) is 0 Å². The number of ether oxygens (including phenoxy) is 1. The molecule has 1 aromatic carbocycles. The smallest absolute Gasteiger partial charge is 0.122 e. The predicted octanol–water partition coefficient (Wildman–Crippen LogP) is 1.26. The Morgan fingerprint density at radius 3 is 3.12 bits per heavy atom. The van der Waals surface area contributed by atoms with Gasteiger partial charge in [-0.2, -0.15) is 0 Å². The van der Waals surface area contributed by atoms with E-state index in [-0.39, 0.29) is 5.25 Å². The van der Waals surface area contributed by atoms with Gasteiger partial charge in [0, 0.05) is 34.8 Å². The lowest BCUT2D eigenvalue weighted by atomic mass is 10.1. The molecule has 1 aliphatic heterocycles. The van der Waals surface area contributed by atoms with Crippen LogP contribution in [-0.4, -0.2) is 28.4 Å². The van der Waals surface area contributed by atoms with E-state index in [2.05, 4.69) is 12.1 Å². The van der Waals surface area contributed by atoms with Crippen molar-refractivity contribution in [2.24, 2.45) is 5.73 Å². The second-order valence-corrected chi connectivity index (χ2v) is 6.40. The minimum absolute atomic E-state index is 0.0905. The fourth-order valence-corrected chi connectivity index (χ4v) is 2.98. The zero-order valence-electron chi connectivity index (χ0n) is 10.1. The quantitative estimate of drug-likeness (QED) is 0.859. The summed E-state index contributed by atoms with van der Waals surface area (Å²) in [5.74, 6) is 1.70. The molecule has 4 heteroatoms. The molecule has 2 unspecified atom stereocenters. The highest BCUT2D eigenvalue weighted by atomic mass is 32.2. The Labute approximate surface area is 105 Å². The fraction of sp³-hybridized carbons (Fsp3) is 0.538. The van der Waals surface area contributed by atoms with E-state index in [0.717, 1.165) is 25.2 Å². The first-order valence-electron chi connectivity index (χ1n) is 6.02. The third-order valence-corrected chi connectivity index (χ3v) is 4.82. The van der Waals surface area contributed by atoms with Gasteiger partial charge in [-0.1, -0.05) is 12.1 Å². The number of nitrogens with two attached hydrogens (primary N) is 1. The fourth-order valence-electron chi connectivity index (χ4n) is 1.92. The van der Waals surface area contributed by atoms with Crippen molar-refractivity contribution in [3.8, 4) is 5.75 Å². The summed E-state index contributed by atoms with van der Waals surface area (Å²) >= 11 is 0. The highest BCUT2D eigenvalue weighted by molar-refractivity contribution is 7.85. The van der Waals surface area contributed by atoms with E-state index in [4.69, 9.17) is 10.5 Å². The zero-order chi connectivity index (χ0) is 12.3. The molecule has 0 bridgehead atoms. The van der Waals surface area contributed by atoms with Crippen molar-refractivity contribution in [1.82, 2.24) is 0 Å². The van der Waals surface area contributed by atoms with Gasteiger partial charge in [-0.05, 0) is 30.5 Å². The van der Waals surface area contributed by atoms with Gasteiger partial charge in [0.2, 0.25) is 0 Å². The maximum absolute atomic E-state index is 11.8. The van der Waals surface area contributed by atoms with Crippen molar-refractivity contribution >= 4 is 10.8 Å². The topological polar surface area (TPSA) is 52.3 Å². The lowest BCUT2D eigenvalue weighted by Gasteiger charge is -2.09. The van der Waals surface area contributed by atoms with Crippen LogP contribution in [-0.2, 0) is 23.6 Å². The molecule has 2 N–H and O–H groups in total. The molecule has 0 spiro atoms. The van der Waals surface area contributed by atoms with Crippen molar-refractivity contribution in [3.63, 3.8) is 0 Å². The molecule has 0 fully saturated rings. The molecule has 17 heavy (non-hydrogen) atoms. The van der Waals surface area contributed by atoms with Crippen LogP contribution < -0.4 is 10.5 Å². The van der Waals surface area contributed by atoms with E-state index in [1.807, 2.05) is 13.0 Å². The summed E-state index contributed by atoms with van der Waals surface area (Å²) in [5.41, 5.74) is 8.03. The van der Waals surface area contributed by atoms with Gasteiger partial charge >= 0.3 is 0 Å². The Morgan fingerprint density at radius 2 is 2.35 bits per heavy atom. The molecule has 0 saturated heterocycles. The summed E-state index contributed by atoms with van der Waals surface area (Å²) in [6, 6.07) is 6.26. The zero-order valence-corrected chi connectivity index (χ0v) is 11.0. The van der Waals surface area contributed by atoms with Gasteiger partial charge in [0.1, 0.15) is 5.75 Å². The average Bonchev–Trinajstić information content (AvgIpc) is 2.82. The molecule has 0 aromatic heterocycles. The first kappa shape index (κ1) is 12.6. The standard InChI is InChI=1S/C13H19NO2S/c1-10(9-14)17(15)7-5-11-2-3-13-12(8-11)4-6-16-13/h2-3,8,10H,4-7,9,14H2,1H3. The van der Waals surface area contributed by atoms with Gasteiger partial charge in [-0.3, -0.25) is 4.21 Å². The molecule has 1 aromatic rings. The van der Waals surface area contributed by atoms with E-state index in [1.54, 1.807) is 0 Å². The normalized spacial score (nSPS) is 17.3. The largest absolute Gasteiger partial charge is 0.493 e. The van der Waals surface area contributed by atoms with Crippen molar-refractivity contribution in [3.05, 3.63) is 29.3 Å². The number of rotatable bonds is 5. The molecular formula is C13H19NO2S. The second kappa shape index (κ2) is 5.65. The van der Waals surface area contributed by atoms with Crippen LogP contribution in [0.25, 0.3) is 0 Å². The van der Waals surface area contributed by atoms with E-state index in [0.29, 0.717) is 12.3 Å². The molecule has 94 valence electrons. The van der Waals surface area contributed by atoms with E-state index >= 15 is 0 Å². The molecule has 1 heterocycles. The molecule has 1 aliphatic rings. The van der Waals surface area contributed by atoms with E-state index < -0.39 is 10.8 Å². The van der Waals surface area contributed by atoms with Crippen LogP contribution in [0.15, 0.2) is 18.2 Å². The molecule has 0 saturated carbocycles. The third kappa shape index (κ3) is 3.07. The van der Waals surface area contributed by atoms with E-state index in [1.165, 1.54) is 11.1 Å². The van der Waals surface area contributed by atoms with Crippen molar-refractivity contribution < 1.29 is 8.95 Å². The first-order valence-corrected chi connectivity index (χ1v) is 7.40. The number of aryl methyl sites for hydroxylation is 1. The number of benzene rings is 1. The summed E-state index contributed by atoms with van der Waals surface area (Å²) in [5, 5.41) is 0.0905. The van der Waals surface area contributed by atoms with Crippen LogP contribution >= 0.6 is 0 Å². The highest BCUT2D eigenvalue weighted by Gasteiger charge is 2.13. The second-order valence-electron chi connectivity index (χ2n) is 4.42. The molecule has 2 atom stereocenters. The van der Waals surface area contributed by atoms with Crippen molar-refractivity contribution in [2.75, 3.05) is 18.9 Å². The number of hydrogen-bond acceptors (Lipinski definition) is 3. The molecule has 3 nitrogen and oxygen atoms in total. The Balaban J connectivity index is 1.93. The van der Waals surface area contributed by atoms with Crippen molar-refractivity contribution in [2.45, 2.75) is 25.0 Å². The Hall–Kier alpha value is -0.870. The maximum atomic E-state index is 11.8. The Morgan fingerprint density at radius 1 is 1.53 bits per heavy atom. The van der Waals surface area contributed by atoms with Gasteiger partial charge in [-0.15, -0.1) is 0 Å². The lowest BCUT2D eigenvalue weighted by molar-refractivity contribution is 0.357. The van der Waals surface area contributed by atoms with Crippen LogP contribution in [0.3, 0.4) is 0 Å². The van der Waals surface area contributed by atoms with Crippen LogP contribution in [0.5, 0.6) is 5.75 Å². The van der Waals surface area contributed by atoms with Crippen LogP contribution in [0.1, 0.15) is 18.1 Å². The molecule has 0 aliphatic carbocycles. The molecule has 0 amide bonds. The summed E-state index contributed by atoms with van der Waals surface area (Å²) in [4.78, 5) is 0. The Kier molecular flexibility index (Phi) is 4.18. The average molecular weight is 253 g/mol. The van der Waals surface area contributed by atoms with Gasteiger partial charge in [0.05, 0.1) is 6.61 Å². The van der Waals surface area contributed by atoms with Gasteiger partial charge in [0.15, 0.2) is 0 Å². The monoisotopic (exact) mass is 253 g/mol. The predicted molar refractivity (Wildman–Crippen MR) is 70.9 cm³/mol. The summed E-state index contributed by atoms with van der Waals surface area (Å²) in [6.45, 7) is 3.21. The van der Waals surface area contributed by atoms with Crippen LogP contribution in [0.4, 0.5) is 0 Å². The van der Waals surface area contributed by atoms with Crippen LogP contribution in [0, 0.1) is 0 Å². The highest BCUT2D eigenvalue weighted by Crippen LogP contribution is 2.26. The summed E-state index contributed by atoms with van der Waals surface area (Å²) < 4.78 is 17.2. The van der Waals surface area contributed by atoms with Crippen molar-refractivity contribution in [1.29, 1.82) is 0 Å². The minimum atomic E-state index is -0.820.